The van der Waals surface area contributed by atoms with E-state index in [9.17, 15) is 0 Å². The Morgan fingerprint density at radius 3 is 0.500 bits per heavy atom. The van der Waals surface area contributed by atoms with Crippen molar-refractivity contribution in [3.63, 3.8) is 0 Å². The maximum absolute atomic E-state index is 0. The fraction of sp³-hybridized carbons (Fsp3) is 0. The summed E-state index contributed by atoms with van der Waals surface area (Å²) in [6, 6.07) is 0. The maximum Gasteiger partial charge on any atom is 3.00 e. The van der Waals surface area contributed by atoms with Crippen molar-refractivity contribution in [1.29, 1.82) is 0 Å². The molecular formula is C3H11Cl2Nb. The molecule has 0 unspecified atom stereocenters. The first-order valence-electron chi connectivity index (χ1n) is 0. The predicted molar refractivity (Wildman–Crippen MR) is 33.7 cm³/mol. The third-order valence-corrected chi connectivity index (χ3v) is 0. The Labute approximate surface area is 69.4 Å². The third kappa shape index (κ3) is 57.0. The maximum atomic E-state index is 0. The Bertz CT molecular complexity index is 8.75. The van der Waals surface area contributed by atoms with Gasteiger partial charge in [-0.1, -0.05) is 0 Å². The summed E-state index contributed by atoms with van der Waals surface area (Å²) in [7, 11) is 0. The van der Waals surface area contributed by atoms with E-state index in [0.29, 0.717) is 0 Å². The zero-order valence-electron chi connectivity index (χ0n) is 4.26. The van der Waals surface area contributed by atoms with Crippen LogP contribution >= 0.6 is 24.8 Å². The number of rotatable bonds is 0. The van der Waals surface area contributed by atoms with Crippen LogP contribution in [-0.4, -0.2) is 0 Å². The molecule has 0 aromatic carbocycles. The summed E-state index contributed by atoms with van der Waals surface area (Å²) in [6.07, 6.45) is 0. The van der Waals surface area contributed by atoms with Crippen LogP contribution in [0.5, 0.6) is 0 Å². The summed E-state index contributed by atoms with van der Waals surface area (Å²) in [5.41, 5.74) is 0. The quantitative estimate of drug-likeness (QED) is 0.425. The standard InChI is InChI=1S/3CH3.2ClH.Nb/h3*1H3;2*1H;/q3*-1;;;+3. The van der Waals surface area contributed by atoms with Crippen LogP contribution in [0.4, 0.5) is 0 Å². The summed E-state index contributed by atoms with van der Waals surface area (Å²) >= 11 is 0. The van der Waals surface area contributed by atoms with Crippen molar-refractivity contribution >= 4 is 24.8 Å². The molecule has 3 heteroatoms. The summed E-state index contributed by atoms with van der Waals surface area (Å²) in [5.74, 6) is 0. The first-order valence-corrected chi connectivity index (χ1v) is 0. The minimum Gasteiger partial charge on any atom is -0.358 e. The van der Waals surface area contributed by atoms with E-state index < -0.39 is 0 Å². The second-order valence-electron chi connectivity index (χ2n) is 0. The molecule has 0 aliphatic heterocycles. The summed E-state index contributed by atoms with van der Waals surface area (Å²) in [5, 5.41) is 0. The van der Waals surface area contributed by atoms with Crippen molar-refractivity contribution in [3.05, 3.63) is 22.3 Å². The van der Waals surface area contributed by atoms with E-state index in [1.54, 1.807) is 0 Å². The molecule has 0 aliphatic rings. The molecule has 0 saturated heterocycles. The average Bonchev–Trinajstić information content (AvgIpc) is 0. The van der Waals surface area contributed by atoms with Gasteiger partial charge in [0.2, 0.25) is 0 Å². The summed E-state index contributed by atoms with van der Waals surface area (Å²) < 4.78 is 0. The topological polar surface area (TPSA) is 0 Å². The summed E-state index contributed by atoms with van der Waals surface area (Å²) in [4.78, 5) is 0. The second-order valence-corrected chi connectivity index (χ2v) is 0. The molecule has 0 rings (SSSR count). The molecular weight excluding hydrogens is 200 g/mol. The Balaban J connectivity index is 0. The number of hydrogen-bond acceptors (Lipinski definition) is 0. The van der Waals surface area contributed by atoms with Crippen LogP contribution in [0.3, 0.4) is 0 Å². The van der Waals surface area contributed by atoms with Gasteiger partial charge in [-0.15, -0.1) is 24.8 Å². The van der Waals surface area contributed by atoms with E-state index in [4.69, 9.17) is 0 Å². The molecule has 6 heavy (non-hydrogen) atoms. The number of halogens is 2. The minimum atomic E-state index is 0. The molecule has 0 bridgehead atoms. The van der Waals surface area contributed by atoms with Crippen LogP contribution in [0.15, 0.2) is 0 Å². The van der Waals surface area contributed by atoms with Gasteiger partial charge in [-0.25, -0.2) is 0 Å². The molecule has 0 aromatic rings. The van der Waals surface area contributed by atoms with Gasteiger partial charge >= 0.3 is 22.4 Å². The van der Waals surface area contributed by atoms with Crippen molar-refractivity contribution in [2.24, 2.45) is 0 Å². The normalized spacial score (nSPS) is 0. The van der Waals surface area contributed by atoms with Crippen LogP contribution in [0.25, 0.3) is 0 Å². The van der Waals surface area contributed by atoms with Crippen molar-refractivity contribution in [3.8, 4) is 0 Å². The van der Waals surface area contributed by atoms with Gasteiger partial charge in [0.1, 0.15) is 0 Å². The van der Waals surface area contributed by atoms with Gasteiger partial charge in [0.05, 0.1) is 0 Å². The third-order valence-electron chi connectivity index (χ3n) is 0. The molecule has 42 valence electrons. The van der Waals surface area contributed by atoms with Gasteiger partial charge < -0.3 is 22.3 Å². The van der Waals surface area contributed by atoms with Crippen molar-refractivity contribution < 1.29 is 22.4 Å². The van der Waals surface area contributed by atoms with Crippen LogP contribution < -0.4 is 0 Å². The fourth-order valence-corrected chi connectivity index (χ4v) is 0. The Morgan fingerprint density at radius 1 is 0.500 bits per heavy atom. The first kappa shape index (κ1) is 168. The van der Waals surface area contributed by atoms with Crippen molar-refractivity contribution in [2.75, 3.05) is 0 Å². The molecule has 0 fully saturated rings. The fourth-order valence-electron chi connectivity index (χ4n) is 0. The van der Waals surface area contributed by atoms with Gasteiger partial charge in [-0.2, -0.15) is 0 Å². The first-order chi connectivity index (χ1) is 0. The molecule has 0 amide bonds. The van der Waals surface area contributed by atoms with Crippen LogP contribution in [-0.2, 0) is 22.4 Å². The van der Waals surface area contributed by atoms with E-state index in [1.165, 1.54) is 0 Å². The van der Waals surface area contributed by atoms with Crippen LogP contribution in [0, 0.1) is 22.3 Å². The molecule has 0 atom stereocenters. The van der Waals surface area contributed by atoms with E-state index in [-0.39, 0.29) is 69.5 Å². The zero-order valence-corrected chi connectivity index (χ0v) is 8.10. The van der Waals surface area contributed by atoms with Gasteiger partial charge in [0.15, 0.2) is 0 Å². The molecule has 0 nitrogen and oxygen atoms in total. The van der Waals surface area contributed by atoms with E-state index in [1.807, 2.05) is 0 Å². The van der Waals surface area contributed by atoms with Crippen molar-refractivity contribution in [1.82, 2.24) is 0 Å². The van der Waals surface area contributed by atoms with E-state index >= 15 is 0 Å². The van der Waals surface area contributed by atoms with Crippen molar-refractivity contribution in [2.45, 2.75) is 0 Å². The molecule has 0 aliphatic carbocycles. The van der Waals surface area contributed by atoms with Crippen LogP contribution in [0.1, 0.15) is 0 Å². The molecule has 0 heterocycles. The van der Waals surface area contributed by atoms with E-state index in [2.05, 4.69) is 0 Å². The molecule has 0 N–H and O–H groups in total. The largest absolute Gasteiger partial charge is 3.00 e. The van der Waals surface area contributed by atoms with Gasteiger partial charge in [0.25, 0.3) is 0 Å². The monoisotopic (exact) mass is 210 g/mol. The molecule has 0 aromatic heterocycles. The minimum absolute atomic E-state index is 0. The van der Waals surface area contributed by atoms with Crippen LogP contribution in [0.2, 0.25) is 0 Å². The zero-order chi connectivity index (χ0) is 0. The number of hydrogen-bond donors (Lipinski definition) is 0. The van der Waals surface area contributed by atoms with E-state index in [0.717, 1.165) is 0 Å². The SMILES string of the molecule is Cl.Cl.[CH3-].[CH3-].[CH3-].[Nb+3]. The predicted octanol–water partition coefficient (Wildman–Crippen LogP) is 2.19. The smallest absolute Gasteiger partial charge is 0.358 e. The Morgan fingerprint density at radius 2 is 0.500 bits per heavy atom. The Kier molecular flexibility index (Phi) is 2870. The van der Waals surface area contributed by atoms with Gasteiger partial charge in [-0.3, -0.25) is 0 Å². The average molecular weight is 211 g/mol. The second kappa shape index (κ2) is 103. The summed E-state index contributed by atoms with van der Waals surface area (Å²) in [6.45, 7) is 0. The molecule has 0 saturated carbocycles. The molecule has 0 radical (unpaired) electrons. The van der Waals surface area contributed by atoms with Gasteiger partial charge in [-0.05, 0) is 0 Å². The van der Waals surface area contributed by atoms with Gasteiger partial charge in [0, 0.05) is 0 Å². The molecule has 0 spiro atoms. The Hall–Kier alpha value is 1.32.